The molecule has 3 rings (SSSR count). The summed E-state index contributed by atoms with van der Waals surface area (Å²) in [5.41, 5.74) is 13.0. The van der Waals surface area contributed by atoms with E-state index in [2.05, 4.69) is 5.16 Å². The van der Waals surface area contributed by atoms with Gasteiger partial charge in [0.2, 0.25) is 5.96 Å². The van der Waals surface area contributed by atoms with Crippen LogP contribution in [0.4, 0.5) is 0 Å². The van der Waals surface area contributed by atoms with Crippen LogP contribution in [-0.4, -0.2) is 36.0 Å². The molecule has 0 saturated heterocycles. The molecule has 2 aromatic rings. The molecule has 0 bridgehead atoms. The zero-order chi connectivity index (χ0) is 20.6. The second-order valence-corrected chi connectivity index (χ2v) is 7.24. The Morgan fingerprint density at radius 2 is 2.10 bits per heavy atom. The number of aryl methyl sites for hydroxylation is 1. The van der Waals surface area contributed by atoms with E-state index in [4.69, 9.17) is 25.5 Å². The van der Waals surface area contributed by atoms with Crippen molar-refractivity contribution in [1.82, 2.24) is 4.90 Å². The molecule has 1 aliphatic carbocycles. The van der Waals surface area contributed by atoms with Crippen molar-refractivity contribution in [2.45, 2.75) is 45.2 Å². The Labute approximate surface area is 170 Å². The first-order valence-electron chi connectivity index (χ1n) is 9.80. The van der Waals surface area contributed by atoms with E-state index in [1.165, 1.54) is 0 Å². The number of guanidine groups is 1. The van der Waals surface area contributed by atoms with Crippen molar-refractivity contribution in [3.05, 3.63) is 53.5 Å². The van der Waals surface area contributed by atoms with E-state index in [0.29, 0.717) is 37.5 Å². The summed E-state index contributed by atoms with van der Waals surface area (Å²) in [5, 5.41) is 3.46. The van der Waals surface area contributed by atoms with Crippen molar-refractivity contribution in [2.24, 2.45) is 16.6 Å². The van der Waals surface area contributed by atoms with Gasteiger partial charge in [-0.05, 0) is 61.2 Å². The lowest BCUT2D eigenvalue weighted by Crippen LogP contribution is -2.43. The Bertz CT molecular complexity index is 827. The fraction of sp³-hybridized carbons (Fsp3) is 0.429. The third kappa shape index (κ3) is 5.91. The van der Waals surface area contributed by atoms with Gasteiger partial charge in [-0.1, -0.05) is 0 Å². The molecule has 0 unspecified atom stereocenters. The number of amides is 1. The fourth-order valence-electron chi connectivity index (χ4n) is 3.20. The molecule has 1 amide bonds. The first-order chi connectivity index (χ1) is 14.0. The Balaban J connectivity index is 1.63. The Morgan fingerprint density at radius 1 is 1.28 bits per heavy atom. The van der Waals surface area contributed by atoms with Crippen molar-refractivity contribution in [2.75, 3.05) is 13.2 Å². The van der Waals surface area contributed by atoms with Crippen LogP contribution in [0.5, 0.6) is 5.75 Å². The van der Waals surface area contributed by atoms with E-state index in [1.807, 2.05) is 30.0 Å². The Hall–Kier alpha value is -3.16. The number of benzene rings is 1. The van der Waals surface area contributed by atoms with Gasteiger partial charge in [0.25, 0.3) is 5.91 Å². The van der Waals surface area contributed by atoms with Gasteiger partial charge in [-0.3, -0.25) is 4.79 Å². The molecule has 29 heavy (non-hydrogen) atoms. The highest BCUT2D eigenvalue weighted by atomic mass is 16.6. The first-order valence-corrected chi connectivity index (χ1v) is 9.80. The average molecular weight is 400 g/mol. The monoisotopic (exact) mass is 400 g/mol. The molecule has 1 aliphatic rings. The lowest BCUT2D eigenvalue weighted by Gasteiger charge is -2.37. The quantitative estimate of drug-likeness (QED) is 0.274. The van der Waals surface area contributed by atoms with Crippen LogP contribution in [0.1, 0.15) is 47.2 Å². The van der Waals surface area contributed by atoms with E-state index in [0.717, 1.165) is 30.4 Å². The van der Waals surface area contributed by atoms with Crippen molar-refractivity contribution in [3.63, 3.8) is 0 Å². The third-order valence-corrected chi connectivity index (χ3v) is 4.83. The minimum Gasteiger partial charge on any atom is -0.493 e. The van der Waals surface area contributed by atoms with Crippen molar-refractivity contribution >= 4 is 11.9 Å². The van der Waals surface area contributed by atoms with Crippen LogP contribution >= 0.6 is 0 Å². The number of rotatable bonds is 10. The van der Waals surface area contributed by atoms with Gasteiger partial charge in [0.1, 0.15) is 12.4 Å². The molecule has 1 aromatic heterocycles. The van der Waals surface area contributed by atoms with Crippen LogP contribution in [0.25, 0.3) is 0 Å². The lowest BCUT2D eigenvalue weighted by atomic mass is 9.90. The summed E-state index contributed by atoms with van der Waals surface area (Å²) >= 11 is 0. The summed E-state index contributed by atoms with van der Waals surface area (Å²) < 4.78 is 11.0. The van der Waals surface area contributed by atoms with E-state index >= 15 is 0 Å². The Kier molecular flexibility index (Phi) is 6.99. The number of hydrogen-bond donors (Lipinski definition) is 2. The molecule has 0 atom stereocenters. The van der Waals surface area contributed by atoms with Crippen molar-refractivity contribution < 1.29 is 18.8 Å². The molecular formula is C21H28N4O4. The zero-order valence-corrected chi connectivity index (χ0v) is 16.7. The van der Waals surface area contributed by atoms with E-state index < -0.39 is 0 Å². The van der Waals surface area contributed by atoms with Crippen LogP contribution in [-0.2, 0) is 11.4 Å². The molecule has 0 spiro atoms. The lowest BCUT2D eigenvalue weighted by molar-refractivity contribution is 0.0555. The van der Waals surface area contributed by atoms with Crippen LogP contribution in [0, 0.1) is 6.92 Å². The van der Waals surface area contributed by atoms with Crippen LogP contribution in [0.2, 0.25) is 0 Å². The van der Waals surface area contributed by atoms with E-state index in [1.54, 1.807) is 18.6 Å². The topological polar surface area (TPSA) is 116 Å². The highest BCUT2D eigenvalue weighted by Crippen LogP contribution is 2.29. The number of carbonyl (C=O) groups excluding carboxylic acids is 1. The maximum atomic E-state index is 13.3. The van der Waals surface area contributed by atoms with Gasteiger partial charge in [-0.2, -0.15) is 0 Å². The summed E-state index contributed by atoms with van der Waals surface area (Å²) in [5.74, 6) is 0.562. The maximum absolute atomic E-state index is 13.3. The van der Waals surface area contributed by atoms with Crippen molar-refractivity contribution in [1.29, 1.82) is 0 Å². The van der Waals surface area contributed by atoms with Crippen LogP contribution in [0.3, 0.4) is 0 Å². The number of ether oxygens (including phenoxy) is 1. The zero-order valence-electron chi connectivity index (χ0n) is 16.7. The SMILES string of the molecule is Cc1cc(OCCCON=C(N)N)cc(C(=O)N(Cc2ccoc2)C2CCC2)c1. The van der Waals surface area contributed by atoms with Gasteiger partial charge >= 0.3 is 0 Å². The summed E-state index contributed by atoms with van der Waals surface area (Å²) in [6, 6.07) is 7.78. The van der Waals surface area contributed by atoms with Gasteiger partial charge in [-0.25, -0.2) is 0 Å². The molecule has 1 saturated carbocycles. The van der Waals surface area contributed by atoms with Gasteiger partial charge in [0.05, 0.1) is 19.1 Å². The first kappa shape index (κ1) is 20.6. The molecule has 156 valence electrons. The molecule has 8 heteroatoms. The second kappa shape index (κ2) is 9.86. The minimum atomic E-state index is -0.112. The molecule has 0 aliphatic heterocycles. The van der Waals surface area contributed by atoms with E-state index in [9.17, 15) is 4.79 Å². The van der Waals surface area contributed by atoms with Crippen molar-refractivity contribution in [3.8, 4) is 5.75 Å². The maximum Gasteiger partial charge on any atom is 0.254 e. The van der Waals surface area contributed by atoms with Gasteiger partial charge < -0.3 is 30.4 Å². The summed E-state index contributed by atoms with van der Waals surface area (Å²) in [4.78, 5) is 20.1. The molecule has 1 aromatic carbocycles. The molecule has 1 fully saturated rings. The van der Waals surface area contributed by atoms with Crippen LogP contribution < -0.4 is 16.2 Å². The normalized spacial score (nSPS) is 13.4. The summed E-state index contributed by atoms with van der Waals surface area (Å²) in [7, 11) is 0. The largest absolute Gasteiger partial charge is 0.493 e. The predicted molar refractivity (Wildman–Crippen MR) is 109 cm³/mol. The molecule has 0 radical (unpaired) electrons. The number of furan rings is 1. The van der Waals surface area contributed by atoms with Crippen LogP contribution in [0.15, 0.2) is 46.4 Å². The van der Waals surface area contributed by atoms with E-state index in [-0.39, 0.29) is 17.9 Å². The second-order valence-electron chi connectivity index (χ2n) is 7.24. The number of nitrogens with zero attached hydrogens (tertiary/aromatic N) is 2. The number of hydrogen-bond acceptors (Lipinski definition) is 5. The Morgan fingerprint density at radius 3 is 2.76 bits per heavy atom. The smallest absolute Gasteiger partial charge is 0.254 e. The van der Waals surface area contributed by atoms with Gasteiger partial charge in [0, 0.05) is 30.1 Å². The number of nitrogens with two attached hydrogens (primary N) is 2. The highest BCUT2D eigenvalue weighted by molar-refractivity contribution is 5.95. The fourth-order valence-corrected chi connectivity index (χ4v) is 3.20. The molecule has 1 heterocycles. The molecular weight excluding hydrogens is 372 g/mol. The summed E-state index contributed by atoms with van der Waals surface area (Å²) in [6.07, 6.45) is 7.16. The number of oxime groups is 1. The van der Waals surface area contributed by atoms with Gasteiger partial charge in [-0.15, -0.1) is 0 Å². The molecule has 8 nitrogen and oxygen atoms in total. The predicted octanol–water partition coefficient (Wildman–Crippen LogP) is 2.76. The van der Waals surface area contributed by atoms with Gasteiger partial charge in [0.15, 0.2) is 0 Å². The average Bonchev–Trinajstić information content (AvgIpc) is 3.14. The summed E-state index contributed by atoms with van der Waals surface area (Å²) in [6.45, 7) is 3.27. The standard InChI is InChI=1S/C21H28N4O4/c1-15-10-17(12-19(11-15)28-7-3-8-29-24-21(22)23)20(26)25(18-4-2-5-18)13-16-6-9-27-14-16/h6,9-12,14,18H,2-5,7-8,13H2,1H3,(H4,22,23,24). The highest BCUT2D eigenvalue weighted by Gasteiger charge is 2.30. The third-order valence-electron chi connectivity index (χ3n) is 4.83. The number of carbonyl (C=O) groups is 1. The molecule has 4 N–H and O–H groups in total. The minimum absolute atomic E-state index is 0.0144.